The minimum absolute atomic E-state index is 0.288. The zero-order chi connectivity index (χ0) is 13.9. The van der Waals surface area contributed by atoms with Gasteiger partial charge in [-0.1, -0.05) is 0 Å². The summed E-state index contributed by atoms with van der Waals surface area (Å²) < 4.78 is 0. The van der Waals surface area contributed by atoms with Crippen molar-refractivity contribution in [2.24, 2.45) is 5.92 Å². The molecule has 1 saturated carbocycles. The molecule has 0 spiro atoms. The molecule has 2 aliphatic rings. The lowest BCUT2D eigenvalue weighted by atomic mass is 10.3. The van der Waals surface area contributed by atoms with Crippen molar-refractivity contribution in [1.29, 1.82) is 5.26 Å². The van der Waals surface area contributed by atoms with Crippen LogP contribution in [-0.4, -0.2) is 47.0 Å². The van der Waals surface area contributed by atoms with Crippen LogP contribution in [0.15, 0.2) is 12.4 Å². The van der Waals surface area contributed by atoms with Crippen molar-refractivity contribution in [3.63, 3.8) is 0 Å². The van der Waals surface area contributed by atoms with Gasteiger partial charge in [0, 0.05) is 32.1 Å². The monoisotopic (exact) mass is 271 g/mol. The smallest absolute Gasteiger partial charge is 0.225 e. The van der Waals surface area contributed by atoms with E-state index in [0.29, 0.717) is 11.6 Å². The Morgan fingerprint density at radius 1 is 1.20 bits per heavy atom. The third kappa shape index (κ3) is 2.72. The topological polar surface area (TPSA) is 73.1 Å². The number of carbonyl (C=O) groups excluding carboxylic acids is 1. The van der Waals surface area contributed by atoms with Crippen LogP contribution in [0.1, 0.15) is 25.0 Å². The van der Waals surface area contributed by atoms with Gasteiger partial charge in [-0.05, 0) is 19.3 Å². The zero-order valence-electron chi connectivity index (χ0n) is 11.3. The second-order valence-electron chi connectivity index (χ2n) is 5.31. The fourth-order valence-electron chi connectivity index (χ4n) is 2.50. The Morgan fingerprint density at radius 2 is 2.05 bits per heavy atom. The number of nitrogens with zero attached hydrogens (tertiary/aromatic N) is 5. The molecule has 6 nitrogen and oxygen atoms in total. The van der Waals surface area contributed by atoms with E-state index in [-0.39, 0.29) is 5.92 Å². The molecule has 1 aromatic rings. The number of anilines is 1. The summed E-state index contributed by atoms with van der Waals surface area (Å²) in [4.78, 5) is 24.5. The summed E-state index contributed by atoms with van der Waals surface area (Å²) in [6.45, 7) is 3.22. The second kappa shape index (κ2) is 5.45. The van der Waals surface area contributed by atoms with E-state index in [1.54, 1.807) is 6.20 Å². The lowest BCUT2D eigenvalue weighted by molar-refractivity contribution is -0.132. The van der Waals surface area contributed by atoms with E-state index in [2.05, 4.69) is 14.9 Å². The summed E-state index contributed by atoms with van der Waals surface area (Å²) in [5.74, 6) is 1.39. The number of amides is 1. The third-order valence-corrected chi connectivity index (χ3v) is 3.81. The van der Waals surface area contributed by atoms with E-state index in [9.17, 15) is 4.79 Å². The van der Waals surface area contributed by atoms with Crippen LogP contribution >= 0.6 is 0 Å². The maximum atomic E-state index is 12.1. The van der Waals surface area contributed by atoms with Crippen LogP contribution in [0.2, 0.25) is 0 Å². The highest BCUT2D eigenvalue weighted by Crippen LogP contribution is 2.31. The summed E-state index contributed by atoms with van der Waals surface area (Å²) in [5.41, 5.74) is 0.328. The van der Waals surface area contributed by atoms with Crippen LogP contribution in [0.3, 0.4) is 0 Å². The van der Waals surface area contributed by atoms with Crippen molar-refractivity contribution in [2.75, 3.05) is 31.1 Å². The van der Waals surface area contributed by atoms with Crippen LogP contribution in [0.5, 0.6) is 0 Å². The molecule has 3 rings (SSSR count). The maximum absolute atomic E-state index is 12.1. The summed E-state index contributed by atoms with van der Waals surface area (Å²) >= 11 is 0. The van der Waals surface area contributed by atoms with Gasteiger partial charge < -0.3 is 9.80 Å². The van der Waals surface area contributed by atoms with Gasteiger partial charge in [-0.2, -0.15) is 5.26 Å². The molecule has 6 heteroatoms. The van der Waals surface area contributed by atoms with E-state index in [0.717, 1.165) is 51.3 Å². The Kier molecular flexibility index (Phi) is 3.50. The zero-order valence-corrected chi connectivity index (χ0v) is 11.3. The first-order valence-corrected chi connectivity index (χ1v) is 7.04. The highest BCUT2D eigenvalue weighted by atomic mass is 16.2. The predicted octanol–water partition coefficient (Wildman–Crippen LogP) is 0.797. The number of rotatable bonds is 2. The molecule has 1 aromatic heterocycles. The molecule has 1 aliphatic heterocycles. The first kappa shape index (κ1) is 12.9. The highest BCUT2D eigenvalue weighted by molar-refractivity contribution is 5.81. The number of nitriles is 1. The van der Waals surface area contributed by atoms with Gasteiger partial charge in [0.05, 0.1) is 12.4 Å². The molecule has 1 saturated heterocycles. The molecule has 1 aliphatic carbocycles. The largest absolute Gasteiger partial charge is 0.354 e. The molecule has 2 heterocycles. The Labute approximate surface area is 118 Å². The van der Waals surface area contributed by atoms with Gasteiger partial charge in [-0.3, -0.25) is 4.79 Å². The summed E-state index contributed by atoms with van der Waals surface area (Å²) in [6.07, 6.45) is 6.19. The average molecular weight is 271 g/mol. The van der Waals surface area contributed by atoms with Crippen molar-refractivity contribution in [3.8, 4) is 6.07 Å². The van der Waals surface area contributed by atoms with Crippen LogP contribution < -0.4 is 4.90 Å². The molecule has 0 atom stereocenters. The van der Waals surface area contributed by atoms with Crippen molar-refractivity contribution >= 4 is 11.7 Å². The van der Waals surface area contributed by atoms with E-state index < -0.39 is 0 Å². The van der Waals surface area contributed by atoms with Crippen molar-refractivity contribution < 1.29 is 4.79 Å². The van der Waals surface area contributed by atoms with Gasteiger partial charge in [-0.25, -0.2) is 9.97 Å². The molecule has 0 radical (unpaired) electrons. The third-order valence-electron chi connectivity index (χ3n) is 3.81. The molecule has 1 amide bonds. The van der Waals surface area contributed by atoms with E-state index >= 15 is 0 Å². The molecule has 0 N–H and O–H groups in total. The van der Waals surface area contributed by atoms with Gasteiger partial charge in [0.1, 0.15) is 11.9 Å². The fraction of sp³-hybridized carbons (Fsp3) is 0.571. The number of carbonyl (C=O) groups is 1. The maximum Gasteiger partial charge on any atom is 0.225 e. The van der Waals surface area contributed by atoms with Crippen molar-refractivity contribution in [3.05, 3.63) is 18.1 Å². The average Bonchev–Trinajstić information content (AvgIpc) is 3.33. The number of hydrogen-bond acceptors (Lipinski definition) is 5. The van der Waals surface area contributed by atoms with Crippen molar-refractivity contribution in [1.82, 2.24) is 14.9 Å². The van der Waals surface area contributed by atoms with Gasteiger partial charge in [-0.15, -0.1) is 0 Å². The molecule has 0 bridgehead atoms. The van der Waals surface area contributed by atoms with Crippen LogP contribution in [0.25, 0.3) is 0 Å². The highest BCUT2D eigenvalue weighted by Gasteiger charge is 2.33. The Morgan fingerprint density at radius 3 is 2.70 bits per heavy atom. The fourth-order valence-corrected chi connectivity index (χ4v) is 2.50. The molecule has 0 aromatic carbocycles. The Hall–Kier alpha value is -2.16. The van der Waals surface area contributed by atoms with Gasteiger partial charge in [0.15, 0.2) is 5.69 Å². The van der Waals surface area contributed by atoms with E-state index in [1.165, 1.54) is 6.20 Å². The second-order valence-corrected chi connectivity index (χ2v) is 5.31. The predicted molar refractivity (Wildman–Crippen MR) is 72.9 cm³/mol. The first-order valence-electron chi connectivity index (χ1n) is 7.04. The van der Waals surface area contributed by atoms with Gasteiger partial charge >= 0.3 is 0 Å². The lowest BCUT2D eigenvalue weighted by Crippen LogP contribution is -2.36. The standard InChI is InChI=1S/C14H17N5O/c15-8-12-9-17-13(10-16-12)18-4-1-5-19(7-6-18)14(20)11-2-3-11/h9-11H,1-7H2. The molecular formula is C14H17N5O. The van der Waals surface area contributed by atoms with Crippen LogP contribution in [0, 0.1) is 17.2 Å². The van der Waals surface area contributed by atoms with Crippen LogP contribution in [-0.2, 0) is 4.79 Å². The number of hydrogen-bond donors (Lipinski definition) is 0. The molecule has 20 heavy (non-hydrogen) atoms. The lowest BCUT2D eigenvalue weighted by Gasteiger charge is -2.22. The first-order chi connectivity index (χ1) is 9.78. The SMILES string of the molecule is N#Cc1cnc(N2CCCN(C(=O)C3CC3)CC2)cn1. The molecular weight excluding hydrogens is 254 g/mol. The molecule has 0 unspecified atom stereocenters. The van der Waals surface area contributed by atoms with E-state index in [4.69, 9.17) is 5.26 Å². The Bertz CT molecular complexity index is 531. The quantitative estimate of drug-likeness (QED) is 0.795. The molecule has 104 valence electrons. The number of aromatic nitrogens is 2. The van der Waals surface area contributed by atoms with Crippen molar-refractivity contribution in [2.45, 2.75) is 19.3 Å². The minimum Gasteiger partial charge on any atom is -0.354 e. The Balaban J connectivity index is 1.64. The van der Waals surface area contributed by atoms with Gasteiger partial charge in [0.25, 0.3) is 0 Å². The molecule has 2 fully saturated rings. The van der Waals surface area contributed by atoms with Gasteiger partial charge in [0.2, 0.25) is 5.91 Å². The summed E-state index contributed by atoms with van der Waals surface area (Å²) in [5, 5.41) is 8.73. The normalized spacial score (nSPS) is 19.4. The summed E-state index contributed by atoms with van der Waals surface area (Å²) in [7, 11) is 0. The summed E-state index contributed by atoms with van der Waals surface area (Å²) in [6, 6.07) is 1.97. The van der Waals surface area contributed by atoms with E-state index in [1.807, 2.05) is 11.0 Å². The van der Waals surface area contributed by atoms with Crippen LogP contribution in [0.4, 0.5) is 5.82 Å². The minimum atomic E-state index is 0.288.